The van der Waals surface area contributed by atoms with Gasteiger partial charge in [0, 0.05) is 26.3 Å². The Morgan fingerprint density at radius 2 is 1.85 bits per heavy atom. The fourth-order valence-electron chi connectivity index (χ4n) is 4.24. The summed E-state index contributed by atoms with van der Waals surface area (Å²) in [6.45, 7) is 0.563. The van der Waals surface area contributed by atoms with Crippen molar-refractivity contribution < 1.29 is 13.6 Å². The predicted octanol–water partition coefficient (Wildman–Crippen LogP) is 6.07. The van der Waals surface area contributed by atoms with Crippen molar-refractivity contribution in [2.24, 2.45) is 0 Å². The van der Waals surface area contributed by atoms with Crippen LogP contribution in [-0.2, 0) is 0 Å². The second-order valence-corrected chi connectivity index (χ2v) is 8.44. The zero-order chi connectivity index (χ0) is 22.9. The van der Waals surface area contributed by atoms with Crippen molar-refractivity contribution in [1.29, 1.82) is 0 Å². The lowest BCUT2D eigenvalue weighted by Gasteiger charge is -2.22. The minimum atomic E-state index is -0.463. The number of carbonyl (C=O) groups excluding carboxylic acids is 1. The van der Waals surface area contributed by atoms with E-state index >= 15 is 0 Å². The minimum absolute atomic E-state index is 0.163. The van der Waals surface area contributed by atoms with Gasteiger partial charge in [-0.15, -0.1) is 0 Å². The maximum absolute atomic E-state index is 14.0. The molecule has 3 aromatic carbocycles. The first-order valence-corrected chi connectivity index (χ1v) is 11.0. The second-order valence-electron chi connectivity index (χ2n) is 8.44. The van der Waals surface area contributed by atoms with E-state index in [-0.39, 0.29) is 17.8 Å². The molecule has 1 aliphatic rings. The van der Waals surface area contributed by atoms with Crippen LogP contribution in [0.4, 0.5) is 20.6 Å². The van der Waals surface area contributed by atoms with Crippen LogP contribution in [0.15, 0.2) is 71.1 Å². The molecule has 0 saturated carbocycles. The fourth-order valence-corrected chi connectivity index (χ4v) is 4.24. The standard InChI is InChI=1S/C26H25FN4O2/c1-30(2)19-12-9-17(10-13-19)18-11-14-24-22(16-18)28-25(33-24)23-8-5-15-31(23)26(32)29-21-7-4-3-6-20(21)27/h3-4,6-7,9-14,16,23H,5,8,15H2,1-2H3,(H,29,32)/t23-/m1/s1. The van der Waals surface area contributed by atoms with Crippen LogP contribution in [-0.4, -0.2) is 36.6 Å². The number of oxazole rings is 1. The summed E-state index contributed by atoms with van der Waals surface area (Å²) >= 11 is 0. The molecule has 0 radical (unpaired) electrons. The van der Waals surface area contributed by atoms with Gasteiger partial charge in [-0.05, 0) is 60.4 Å². The molecular formula is C26H25FN4O2. The van der Waals surface area contributed by atoms with E-state index in [9.17, 15) is 9.18 Å². The van der Waals surface area contributed by atoms with Crippen molar-refractivity contribution in [1.82, 2.24) is 9.88 Å². The molecule has 1 aliphatic heterocycles. The molecular weight excluding hydrogens is 419 g/mol. The molecule has 0 unspecified atom stereocenters. The highest BCUT2D eigenvalue weighted by molar-refractivity contribution is 5.90. The number of hydrogen-bond donors (Lipinski definition) is 1. The molecule has 2 amide bonds. The highest BCUT2D eigenvalue weighted by Crippen LogP contribution is 2.35. The number of hydrogen-bond acceptors (Lipinski definition) is 4. The average Bonchev–Trinajstić information content (AvgIpc) is 3.47. The van der Waals surface area contributed by atoms with Gasteiger partial charge in [-0.25, -0.2) is 14.2 Å². The van der Waals surface area contributed by atoms with Gasteiger partial charge in [0.2, 0.25) is 5.89 Å². The molecule has 7 heteroatoms. The lowest BCUT2D eigenvalue weighted by molar-refractivity contribution is 0.198. The number of aromatic nitrogens is 1. The number of benzene rings is 3. The number of carbonyl (C=O) groups is 1. The zero-order valence-corrected chi connectivity index (χ0v) is 18.6. The lowest BCUT2D eigenvalue weighted by atomic mass is 10.0. The Bertz CT molecular complexity index is 1300. The maximum atomic E-state index is 14.0. The van der Waals surface area contributed by atoms with E-state index in [2.05, 4.69) is 34.5 Å². The molecule has 168 valence electrons. The SMILES string of the molecule is CN(C)c1ccc(-c2ccc3oc([C@H]4CCCN4C(=O)Nc4ccccc4F)nc3c2)cc1. The number of amides is 2. The highest BCUT2D eigenvalue weighted by Gasteiger charge is 2.34. The number of nitrogens with zero attached hydrogens (tertiary/aromatic N) is 3. The van der Waals surface area contributed by atoms with E-state index in [1.165, 1.54) is 6.07 Å². The van der Waals surface area contributed by atoms with Crippen LogP contribution >= 0.6 is 0 Å². The monoisotopic (exact) mass is 444 g/mol. The smallest absolute Gasteiger partial charge is 0.322 e. The second kappa shape index (κ2) is 8.58. The fraction of sp³-hybridized carbons (Fsp3) is 0.231. The molecule has 1 atom stereocenters. The summed E-state index contributed by atoms with van der Waals surface area (Å²) in [5.41, 5.74) is 4.88. The third-order valence-electron chi connectivity index (χ3n) is 6.04. The van der Waals surface area contributed by atoms with Crippen LogP contribution in [0.5, 0.6) is 0 Å². The van der Waals surface area contributed by atoms with Crippen molar-refractivity contribution in [3.63, 3.8) is 0 Å². The van der Waals surface area contributed by atoms with Crippen molar-refractivity contribution in [3.05, 3.63) is 78.4 Å². The van der Waals surface area contributed by atoms with Gasteiger partial charge < -0.3 is 19.5 Å². The van der Waals surface area contributed by atoms with E-state index in [1.54, 1.807) is 23.1 Å². The van der Waals surface area contributed by atoms with Gasteiger partial charge in [-0.2, -0.15) is 0 Å². The number of anilines is 2. The first kappa shape index (κ1) is 21.0. The molecule has 4 aromatic rings. The summed E-state index contributed by atoms with van der Waals surface area (Å²) in [4.78, 5) is 21.3. The van der Waals surface area contributed by atoms with Crippen LogP contribution in [0, 0.1) is 5.82 Å². The number of nitrogens with one attached hydrogen (secondary N) is 1. The quantitative estimate of drug-likeness (QED) is 0.415. The summed E-state index contributed by atoms with van der Waals surface area (Å²) in [6.07, 6.45) is 1.58. The summed E-state index contributed by atoms with van der Waals surface area (Å²) in [5, 5.41) is 2.67. The molecule has 6 nitrogen and oxygen atoms in total. The van der Waals surface area contributed by atoms with Crippen LogP contribution in [0.2, 0.25) is 0 Å². The van der Waals surface area contributed by atoms with E-state index in [4.69, 9.17) is 9.40 Å². The number of halogens is 1. The molecule has 0 bridgehead atoms. The Labute approximate surface area is 191 Å². The van der Waals surface area contributed by atoms with Crippen LogP contribution < -0.4 is 10.2 Å². The molecule has 1 saturated heterocycles. The number of rotatable bonds is 4. The highest BCUT2D eigenvalue weighted by atomic mass is 19.1. The van der Waals surface area contributed by atoms with Gasteiger partial charge in [0.25, 0.3) is 0 Å². The zero-order valence-electron chi connectivity index (χ0n) is 18.6. The minimum Gasteiger partial charge on any atom is -0.438 e. The Balaban J connectivity index is 1.39. The third kappa shape index (κ3) is 4.14. The summed E-state index contributed by atoms with van der Waals surface area (Å²) in [5.74, 6) is 0.0425. The Hall–Kier alpha value is -3.87. The molecule has 1 N–H and O–H groups in total. The number of fused-ring (bicyclic) bond motifs is 1. The normalized spacial score (nSPS) is 15.7. The largest absolute Gasteiger partial charge is 0.438 e. The van der Waals surface area contributed by atoms with Crippen LogP contribution in [0.25, 0.3) is 22.2 Å². The van der Waals surface area contributed by atoms with E-state index < -0.39 is 5.82 Å². The Morgan fingerprint density at radius 3 is 2.61 bits per heavy atom. The van der Waals surface area contributed by atoms with Crippen molar-refractivity contribution >= 4 is 28.5 Å². The molecule has 1 fully saturated rings. The maximum Gasteiger partial charge on any atom is 0.322 e. The van der Waals surface area contributed by atoms with Gasteiger partial charge in [0.1, 0.15) is 17.4 Å². The van der Waals surface area contributed by atoms with Crippen molar-refractivity contribution in [2.75, 3.05) is 30.9 Å². The van der Waals surface area contributed by atoms with Crippen LogP contribution in [0.1, 0.15) is 24.8 Å². The van der Waals surface area contributed by atoms with E-state index in [0.717, 1.165) is 35.2 Å². The molecule has 5 rings (SSSR count). The third-order valence-corrected chi connectivity index (χ3v) is 6.04. The summed E-state index contributed by atoms with van der Waals surface area (Å²) in [6, 6.07) is 19.8. The molecule has 0 aliphatic carbocycles. The topological polar surface area (TPSA) is 61.6 Å². The Morgan fingerprint density at radius 1 is 1.09 bits per heavy atom. The van der Waals surface area contributed by atoms with Crippen LogP contribution in [0.3, 0.4) is 0 Å². The number of likely N-dealkylation sites (tertiary alicyclic amines) is 1. The first-order valence-electron chi connectivity index (χ1n) is 11.0. The summed E-state index contributed by atoms with van der Waals surface area (Å²) < 4.78 is 20.0. The Kier molecular flexibility index (Phi) is 5.46. The first-order chi connectivity index (χ1) is 16.0. The molecule has 1 aromatic heterocycles. The lowest BCUT2D eigenvalue weighted by Crippen LogP contribution is -2.34. The molecule has 0 spiro atoms. The van der Waals surface area contributed by atoms with E-state index in [0.29, 0.717) is 18.0 Å². The van der Waals surface area contributed by atoms with Crippen molar-refractivity contribution in [3.8, 4) is 11.1 Å². The van der Waals surface area contributed by atoms with E-state index in [1.807, 2.05) is 32.3 Å². The predicted molar refractivity (Wildman–Crippen MR) is 128 cm³/mol. The van der Waals surface area contributed by atoms with Gasteiger partial charge in [-0.3, -0.25) is 0 Å². The molecule has 33 heavy (non-hydrogen) atoms. The van der Waals surface area contributed by atoms with Gasteiger partial charge >= 0.3 is 6.03 Å². The van der Waals surface area contributed by atoms with Gasteiger partial charge in [-0.1, -0.05) is 30.3 Å². The average molecular weight is 445 g/mol. The summed E-state index contributed by atoms with van der Waals surface area (Å²) in [7, 11) is 4.03. The number of urea groups is 1. The van der Waals surface area contributed by atoms with Gasteiger partial charge in [0.15, 0.2) is 5.58 Å². The molecule has 2 heterocycles. The number of para-hydroxylation sites is 1. The van der Waals surface area contributed by atoms with Crippen molar-refractivity contribution in [2.45, 2.75) is 18.9 Å². The van der Waals surface area contributed by atoms with Gasteiger partial charge in [0.05, 0.1) is 5.69 Å².